The monoisotopic (exact) mass is 495 g/mol. The number of aryl methyl sites for hydroxylation is 1. The minimum absolute atomic E-state index is 0.572. The standard InChI is InChI=1S/C24H16N6.C7H9N/c1-4-19(14-25-11-1)17-7-9-18(10-8-17)22-28-23(20-5-2-12-26-15-20)30-24(29-22)21-6-3-13-27-16-21;1-2-7-4-3-5-8-6-7/h1-16H;3-6H,2H2,1H3. The third kappa shape index (κ3) is 6.14. The van der Waals surface area contributed by atoms with E-state index in [0.717, 1.165) is 34.2 Å². The maximum absolute atomic E-state index is 4.71. The fourth-order valence-electron chi connectivity index (χ4n) is 3.71. The number of hydrogen-bond acceptors (Lipinski definition) is 7. The van der Waals surface area contributed by atoms with Crippen LogP contribution in [0.15, 0.2) is 122 Å². The highest BCUT2D eigenvalue weighted by molar-refractivity contribution is 5.69. The van der Waals surface area contributed by atoms with Gasteiger partial charge < -0.3 is 0 Å². The Bertz CT molecular complexity index is 1500. The Morgan fingerprint density at radius 1 is 0.421 bits per heavy atom. The van der Waals surface area contributed by atoms with Crippen molar-refractivity contribution in [1.82, 2.24) is 34.9 Å². The smallest absolute Gasteiger partial charge is 0.165 e. The van der Waals surface area contributed by atoms with Crippen LogP contribution in [0.2, 0.25) is 0 Å². The first-order valence-corrected chi connectivity index (χ1v) is 12.3. The number of aromatic nitrogens is 7. The molecule has 7 heteroatoms. The zero-order chi connectivity index (χ0) is 26.0. The summed E-state index contributed by atoms with van der Waals surface area (Å²) in [4.78, 5) is 30.6. The Hall–Kier alpha value is -5.17. The first-order chi connectivity index (χ1) is 18.8. The predicted octanol–water partition coefficient (Wildman–Crippen LogP) is 6.37. The van der Waals surface area contributed by atoms with Gasteiger partial charge in [-0.1, -0.05) is 43.3 Å². The molecule has 0 spiro atoms. The zero-order valence-corrected chi connectivity index (χ0v) is 20.9. The summed E-state index contributed by atoms with van der Waals surface area (Å²) in [5.41, 5.74) is 6.01. The molecule has 1 aromatic carbocycles. The van der Waals surface area contributed by atoms with Crippen molar-refractivity contribution in [3.63, 3.8) is 0 Å². The molecule has 6 aromatic rings. The maximum atomic E-state index is 4.71. The van der Waals surface area contributed by atoms with Crippen molar-refractivity contribution in [3.05, 3.63) is 128 Å². The maximum Gasteiger partial charge on any atom is 0.165 e. The highest BCUT2D eigenvalue weighted by Crippen LogP contribution is 2.26. The molecular formula is C31H25N7. The molecule has 0 fully saturated rings. The molecule has 0 N–H and O–H groups in total. The molecule has 0 saturated carbocycles. The largest absolute Gasteiger partial charge is 0.264 e. The second-order valence-electron chi connectivity index (χ2n) is 8.32. The lowest BCUT2D eigenvalue weighted by molar-refractivity contribution is 1.07. The van der Waals surface area contributed by atoms with E-state index in [1.165, 1.54) is 5.56 Å². The van der Waals surface area contributed by atoms with Crippen LogP contribution in [0.4, 0.5) is 0 Å². The molecule has 7 nitrogen and oxygen atoms in total. The van der Waals surface area contributed by atoms with Gasteiger partial charge in [-0.3, -0.25) is 19.9 Å². The summed E-state index contributed by atoms with van der Waals surface area (Å²) in [6.45, 7) is 2.12. The van der Waals surface area contributed by atoms with Crippen LogP contribution in [-0.4, -0.2) is 34.9 Å². The molecule has 6 rings (SSSR count). The van der Waals surface area contributed by atoms with Gasteiger partial charge in [0.05, 0.1) is 0 Å². The lowest BCUT2D eigenvalue weighted by atomic mass is 10.1. The van der Waals surface area contributed by atoms with Crippen molar-refractivity contribution in [2.24, 2.45) is 0 Å². The molecule has 0 saturated heterocycles. The molecule has 0 amide bonds. The van der Waals surface area contributed by atoms with E-state index in [0.29, 0.717) is 17.5 Å². The molecule has 0 aliphatic rings. The summed E-state index contributed by atoms with van der Waals surface area (Å²) in [5.74, 6) is 1.74. The Balaban J connectivity index is 0.000000316. The van der Waals surface area contributed by atoms with Crippen LogP contribution in [0.3, 0.4) is 0 Å². The van der Waals surface area contributed by atoms with Crippen LogP contribution < -0.4 is 0 Å². The lowest BCUT2D eigenvalue weighted by Gasteiger charge is -2.08. The SMILES string of the molecule is CCc1cccnc1.c1cncc(-c2ccc(-c3nc(-c4cccnc4)nc(-c4cccnc4)n3)cc2)c1. The normalized spacial score (nSPS) is 10.3. The topological polar surface area (TPSA) is 90.2 Å². The summed E-state index contributed by atoms with van der Waals surface area (Å²) in [5, 5.41) is 0. The quantitative estimate of drug-likeness (QED) is 0.274. The summed E-state index contributed by atoms with van der Waals surface area (Å²) in [6.07, 6.45) is 15.3. The molecule has 0 unspecified atom stereocenters. The first kappa shape index (κ1) is 24.5. The van der Waals surface area contributed by atoms with Crippen molar-refractivity contribution in [3.8, 4) is 45.3 Å². The average Bonchev–Trinajstić information content (AvgIpc) is 3.03. The van der Waals surface area contributed by atoms with E-state index < -0.39 is 0 Å². The van der Waals surface area contributed by atoms with Crippen molar-refractivity contribution >= 4 is 0 Å². The summed E-state index contributed by atoms with van der Waals surface area (Å²) in [6, 6.07) is 23.7. The minimum atomic E-state index is 0.572. The number of benzene rings is 1. The summed E-state index contributed by atoms with van der Waals surface area (Å²) in [7, 11) is 0. The fourth-order valence-corrected chi connectivity index (χ4v) is 3.71. The van der Waals surface area contributed by atoms with Crippen LogP contribution in [-0.2, 0) is 6.42 Å². The van der Waals surface area contributed by atoms with Crippen LogP contribution in [0, 0.1) is 0 Å². The summed E-state index contributed by atoms with van der Waals surface area (Å²) < 4.78 is 0. The van der Waals surface area contributed by atoms with Gasteiger partial charge in [0.2, 0.25) is 0 Å². The second-order valence-corrected chi connectivity index (χ2v) is 8.32. The molecular weight excluding hydrogens is 470 g/mol. The zero-order valence-electron chi connectivity index (χ0n) is 20.9. The van der Waals surface area contributed by atoms with E-state index in [9.17, 15) is 0 Å². The molecule has 184 valence electrons. The van der Waals surface area contributed by atoms with Gasteiger partial charge in [0.1, 0.15) is 0 Å². The third-order valence-electron chi connectivity index (χ3n) is 5.74. The van der Waals surface area contributed by atoms with Crippen LogP contribution >= 0.6 is 0 Å². The van der Waals surface area contributed by atoms with Gasteiger partial charge in [0.15, 0.2) is 17.5 Å². The van der Waals surface area contributed by atoms with Crippen molar-refractivity contribution in [1.29, 1.82) is 0 Å². The number of nitrogens with zero attached hydrogens (tertiary/aromatic N) is 7. The predicted molar refractivity (Wildman–Crippen MR) is 149 cm³/mol. The molecule has 0 radical (unpaired) electrons. The molecule has 5 heterocycles. The van der Waals surface area contributed by atoms with Crippen molar-refractivity contribution < 1.29 is 0 Å². The third-order valence-corrected chi connectivity index (χ3v) is 5.74. The van der Waals surface area contributed by atoms with Gasteiger partial charge in [-0.05, 0) is 59.5 Å². The van der Waals surface area contributed by atoms with Crippen molar-refractivity contribution in [2.75, 3.05) is 0 Å². The van der Waals surface area contributed by atoms with E-state index >= 15 is 0 Å². The lowest BCUT2D eigenvalue weighted by Crippen LogP contribution is -2.00. The fraction of sp³-hybridized carbons (Fsp3) is 0.0645. The Kier molecular flexibility index (Phi) is 7.86. The minimum Gasteiger partial charge on any atom is -0.264 e. The highest BCUT2D eigenvalue weighted by Gasteiger charge is 2.12. The number of hydrogen-bond donors (Lipinski definition) is 0. The average molecular weight is 496 g/mol. The van der Waals surface area contributed by atoms with Crippen LogP contribution in [0.1, 0.15) is 12.5 Å². The van der Waals surface area contributed by atoms with Gasteiger partial charge in [0.25, 0.3) is 0 Å². The van der Waals surface area contributed by atoms with E-state index in [1.807, 2.05) is 79.1 Å². The molecule has 38 heavy (non-hydrogen) atoms. The molecule has 5 aromatic heterocycles. The van der Waals surface area contributed by atoms with Gasteiger partial charge >= 0.3 is 0 Å². The van der Waals surface area contributed by atoms with Gasteiger partial charge in [-0.15, -0.1) is 0 Å². The van der Waals surface area contributed by atoms with E-state index in [-0.39, 0.29) is 0 Å². The van der Waals surface area contributed by atoms with Gasteiger partial charge in [0, 0.05) is 66.3 Å². The summed E-state index contributed by atoms with van der Waals surface area (Å²) >= 11 is 0. The van der Waals surface area contributed by atoms with Crippen molar-refractivity contribution in [2.45, 2.75) is 13.3 Å². The van der Waals surface area contributed by atoms with E-state index in [2.05, 4.69) is 37.9 Å². The Morgan fingerprint density at radius 2 is 0.842 bits per heavy atom. The highest BCUT2D eigenvalue weighted by atomic mass is 15.0. The Morgan fingerprint density at radius 3 is 1.24 bits per heavy atom. The molecule has 0 aliphatic carbocycles. The van der Waals surface area contributed by atoms with E-state index in [4.69, 9.17) is 9.97 Å². The van der Waals surface area contributed by atoms with Crippen LogP contribution in [0.5, 0.6) is 0 Å². The number of pyridine rings is 4. The van der Waals surface area contributed by atoms with Gasteiger partial charge in [-0.2, -0.15) is 0 Å². The molecule has 0 bridgehead atoms. The second kappa shape index (κ2) is 12.2. The first-order valence-electron chi connectivity index (χ1n) is 12.3. The number of rotatable bonds is 5. The molecule has 0 atom stereocenters. The Labute approximate surface area is 221 Å². The van der Waals surface area contributed by atoms with Crippen LogP contribution in [0.25, 0.3) is 45.3 Å². The van der Waals surface area contributed by atoms with Gasteiger partial charge in [-0.25, -0.2) is 15.0 Å². The van der Waals surface area contributed by atoms with E-state index in [1.54, 1.807) is 37.2 Å². The molecule has 0 aliphatic heterocycles.